The highest BCUT2D eigenvalue weighted by Crippen LogP contribution is 2.24. The van der Waals surface area contributed by atoms with Crippen molar-refractivity contribution in [3.63, 3.8) is 0 Å². The average Bonchev–Trinajstić information content (AvgIpc) is 2.27. The minimum absolute atomic E-state index is 0.480. The zero-order valence-electron chi connectivity index (χ0n) is 7.66. The van der Waals surface area contributed by atoms with E-state index in [1.807, 2.05) is 13.2 Å². The largest absolute Gasteiger partial charge is 0.372 e. The molecule has 1 aromatic heterocycles. The van der Waals surface area contributed by atoms with Gasteiger partial charge in [0.2, 0.25) is 0 Å². The molecule has 0 aromatic carbocycles. The Kier molecular flexibility index (Phi) is 2.69. The predicted octanol–water partition coefficient (Wildman–Crippen LogP) is 2.25. The Morgan fingerprint density at radius 3 is 2.92 bits per heavy atom. The highest BCUT2D eigenvalue weighted by Gasteiger charge is 2.18. The lowest BCUT2D eigenvalue weighted by Gasteiger charge is -2.25. The van der Waals surface area contributed by atoms with Crippen LogP contribution in [0.5, 0.6) is 0 Å². The van der Waals surface area contributed by atoms with E-state index in [1.165, 1.54) is 19.3 Å². The SMILES string of the molecule is Cn1cc(Br)c(COC2CCC2)n1. The van der Waals surface area contributed by atoms with Gasteiger partial charge < -0.3 is 4.74 Å². The van der Waals surface area contributed by atoms with Gasteiger partial charge >= 0.3 is 0 Å². The van der Waals surface area contributed by atoms with Crippen molar-refractivity contribution < 1.29 is 4.74 Å². The maximum absolute atomic E-state index is 5.65. The summed E-state index contributed by atoms with van der Waals surface area (Å²) in [4.78, 5) is 0. The lowest BCUT2D eigenvalue weighted by Crippen LogP contribution is -2.21. The lowest BCUT2D eigenvalue weighted by molar-refractivity contribution is -0.0105. The first kappa shape index (κ1) is 9.21. The average molecular weight is 245 g/mol. The normalized spacial score (nSPS) is 17.4. The molecule has 0 saturated heterocycles. The molecular formula is C9H13BrN2O. The van der Waals surface area contributed by atoms with Crippen molar-refractivity contribution in [2.75, 3.05) is 0 Å². The number of rotatable bonds is 3. The van der Waals surface area contributed by atoms with Crippen molar-refractivity contribution in [3.8, 4) is 0 Å². The summed E-state index contributed by atoms with van der Waals surface area (Å²) in [6.45, 7) is 0.631. The van der Waals surface area contributed by atoms with Gasteiger partial charge in [-0.15, -0.1) is 0 Å². The third kappa shape index (κ3) is 2.11. The standard InChI is InChI=1S/C9H13BrN2O/c1-12-5-8(10)9(11-12)6-13-7-3-2-4-7/h5,7H,2-4,6H2,1H3. The molecule has 1 aromatic rings. The van der Waals surface area contributed by atoms with E-state index in [9.17, 15) is 0 Å². The van der Waals surface area contributed by atoms with Crippen LogP contribution >= 0.6 is 15.9 Å². The van der Waals surface area contributed by atoms with Crippen LogP contribution in [0.15, 0.2) is 10.7 Å². The second-order valence-electron chi connectivity index (χ2n) is 3.46. The molecule has 72 valence electrons. The summed E-state index contributed by atoms with van der Waals surface area (Å²) >= 11 is 3.44. The quantitative estimate of drug-likeness (QED) is 0.816. The number of ether oxygens (including phenoxy) is 1. The molecule has 1 saturated carbocycles. The molecule has 0 atom stereocenters. The van der Waals surface area contributed by atoms with Gasteiger partial charge in [-0.2, -0.15) is 5.10 Å². The Labute approximate surface area is 86.2 Å². The van der Waals surface area contributed by atoms with E-state index < -0.39 is 0 Å². The summed E-state index contributed by atoms with van der Waals surface area (Å²) in [5.74, 6) is 0. The van der Waals surface area contributed by atoms with E-state index in [-0.39, 0.29) is 0 Å². The van der Waals surface area contributed by atoms with Gasteiger partial charge in [0.1, 0.15) is 5.69 Å². The number of aryl methyl sites for hydroxylation is 1. The van der Waals surface area contributed by atoms with E-state index in [1.54, 1.807) is 4.68 Å². The predicted molar refractivity (Wildman–Crippen MR) is 53.3 cm³/mol. The smallest absolute Gasteiger partial charge is 0.102 e. The molecule has 3 nitrogen and oxygen atoms in total. The van der Waals surface area contributed by atoms with Crippen molar-refractivity contribution in [2.45, 2.75) is 32.0 Å². The Hall–Kier alpha value is -0.350. The number of halogens is 1. The van der Waals surface area contributed by atoms with Gasteiger partial charge in [0.25, 0.3) is 0 Å². The molecule has 1 aliphatic carbocycles. The summed E-state index contributed by atoms with van der Waals surface area (Å²) in [6.07, 6.45) is 6.16. The fourth-order valence-corrected chi connectivity index (χ4v) is 1.83. The third-order valence-electron chi connectivity index (χ3n) is 2.36. The molecule has 13 heavy (non-hydrogen) atoms. The molecule has 4 heteroatoms. The minimum atomic E-state index is 0.480. The first-order chi connectivity index (χ1) is 6.25. The van der Waals surface area contributed by atoms with E-state index in [2.05, 4.69) is 21.0 Å². The number of hydrogen-bond donors (Lipinski definition) is 0. The van der Waals surface area contributed by atoms with E-state index in [0.29, 0.717) is 12.7 Å². The molecule has 2 rings (SSSR count). The van der Waals surface area contributed by atoms with Crippen LogP contribution in [0.2, 0.25) is 0 Å². The molecule has 0 N–H and O–H groups in total. The van der Waals surface area contributed by atoms with Crippen LogP contribution in [0.3, 0.4) is 0 Å². The van der Waals surface area contributed by atoms with Crippen molar-refractivity contribution in [2.24, 2.45) is 7.05 Å². The van der Waals surface area contributed by atoms with Crippen molar-refractivity contribution in [1.82, 2.24) is 9.78 Å². The second-order valence-corrected chi connectivity index (χ2v) is 4.32. The number of hydrogen-bond acceptors (Lipinski definition) is 2. The highest BCUT2D eigenvalue weighted by molar-refractivity contribution is 9.10. The first-order valence-electron chi connectivity index (χ1n) is 4.55. The van der Waals surface area contributed by atoms with Crippen molar-refractivity contribution in [3.05, 3.63) is 16.4 Å². The molecule has 1 fully saturated rings. The summed E-state index contributed by atoms with van der Waals surface area (Å²) in [5, 5.41) is 4.29. The molecule has 0 amide bonds. The third-order valence-corrected chi connectivity index (χ3v) is 3.02. The molecule has 1 aliphatic rings. The Morgan fingerprint density at radius 2 is 2.46 bits per heavy atom. The topological polar surface area (TPSA) is 27.1 Å². The van der Waals surface area contributed by atoms with Gasteiger partial charge in [-0.05, 0) is 35.2 Å². The van der Waals surface area contributed by atoms with Gasteiger partial charge in [0.15, 0.2) is 0 Å². The number of nitrogens with zero attached hydrogens (tertiary/aromatic N) is 2. The van der Waals surface area contributed by atoms with E-state index >= 15 is 0 Å². The fourth-order valence-electron chi connectivity index (χ4n) is 1.34. The van der Waals surface area contributed by atoms with Crippen LogP contribution < -0.4 is 0 Å². The van der Waals surface area contributed by atoms with Crippen molar-refractivity contribution >= 4 is 15.9 Å². The molecular weight excluding hydrogens is 232 g/mol. The zero-order chi connectivity index (χ0) is 9.26. The van der Waals surface area contributed by atoms with Crippen LogP contribution in [0, 0.1) is 0 Å². The van der Waals surface area contributed by atoms with Crippen molar-refractivity contribution in [1.29, 1.82) is 0 Å². The van der Waals surface area contributed by atoms with Gasteiger partial charge in [-0.1, -0.05) is 0 Å². The Balaban J connectivity index is 1.89. The second kappa shape index (κ2) is 3.80. The Morgan fingerprint density at radius 1 is 1.69 bits per heavy atom. The molecule has 0 radical (unpaired) electrons. The Bertz CT molecular complexity index is 294. The van der Waals surface area contributed by atoms with Crippen LogP contribution in [0.1, 0.15) is 25.0 Å². The summed E-state index contributed by atoms with van der Waals surface area (Å²) < 4.78 is 8.48. The minimum Gasteiger partial charge on any atom is -0.372 e. The summed E-state index contributed by atoms with van der Waals surface area (Å²) in [6, 6.07) is 0. The van der Waals surface area contributed by atoms with Gasteiger partial charge in [0, 0.05) is 13.2 Å². The lowest BCUT2D eigenvalue weighted by atomic mass is 9.96. The van der Waals surface area contributed by atoms with Gasteiger partial charge in [-0.3, -0.25) is 4.68 Å². The summed E-state index contributed by atoms with van der Waals surface area (Å²) in [5.41, 5.74) is 0.995. The van der Waals surface area contributed by atoms with Crippen LogP contribution in [-0.2, 0) is 18.4 Å². The van der Waals surface area contributed by atoms with Crippen LogP contribution in [0.25, 0.3) is 0 Å². The maximum Gasteiger partial charge on any atom is 0.102 e. The molecule has 0 unspecified atom stereocenters. The maximum atomic E-state index is 5.65. The first-order valence-corrected chi connectivity index (χ1v) is 5.34. The monoisotopic (exact) mass is 244 g/mol. The van der Waals surface area contributed by atoms with Crippen LogP contribution in [0.4, 0.5) is 0 Å². The van der Waals surface area contributed by atoms with Crippen LogP contribution in [-0.4, -0.2) is 15.9 Å². The van der Waals surface area contributed by atoms with E-state index in [0.717, 1.165) is 10.2 Å². The number of aromatic nitrogens is 2. The molecule has 0 aliphatic heterocycles. The molecule has 1 heterocycles. The summed E-state index contributed by atoms with van der Waals surface area (Å²) in [7, 11) is 1.91. The van der Waals surface area contributed by atoms with E-state index in [4.69, 9.17) is 4.74 Å². The highest BCUT2D eigenvalue weighted by atomic mass is 79.9. The zero-order valence-corrected chi connectivity index (χ0v) is 9.25. The fraction of sp³-hybridized carbons (Fsp3) is 0.667. The molecule has 0 spiro atoms. The van der Waals surface area contributed by atoms with Gasteiger partial charge in [-0.25, -0.2) is 0 Å². The molecule has 0 bridgehead atoms. The van der Waals surface area contributed by atoms with Gasteiger partial charge in [0.05, 0.1) is 17.2 Å².